The molecule has 2 rings (SSSR count). The maximum absolute atomic E-state index is 13.3. The highest BCUT2D eigenvalue weighted by molar-refractivity contribution is 5.23. The largest absolute Gasteiger partial charge is 0.489 e. The Morgan fingerprint density at radius 2 is 2.28 bits per heavy atom. The fraction of sp³-hybridized carbons (Fsp3) is 0.571. The Kier molecular flexibility index (Phi) is 4.96. The number of nitrogens with zero attached hydrogens (tertiary/aromatic N) is 1. The zero-order valence-corrected chi connectivity index (χ0v) is 10.9. The van der Waals surface area contributed by atoms with Crippen LogP contribution in [-0.4, -0.2) is 44.2 Å². The highest BCUT2D eigenvalue weighted by atomic mass is 19.1. The molecule has 1 fully saturated rings. The number of hydrogen-bond acceptors (Lipinski definition) is 3. The van der Waals surface area contributed by atoms with Gasteiger partial charge in [0, 0.05) is 19.1 Å². The summed E-state index contributed by atoms with van der Waals surface area (Å²) in [6, 6.07) is 7.13. The van der Waals surface area contributed by atoms with Crippen molar-refractivity contribution in [2.24, 2.45) is 0 Å². The van der Waals surface area contributed by atoms with E-state index in [4.69, 9.17) is 4.74 Å². The van der Waals surface area contributed by atoms with Gasteiger partial charge in [0.1, 0.15) is 6.61 Å². The first kappa shape index (κ1) is 13.3. The van der Waals surface area contributed by atoms with Gasteiger partial charge < -0.3 is 15.0 Å². The lowest BCUT2D eigenvalue weighted by Crippen LogP contribution is -2.37. The molecule has 1 aliphatic heterocycles. The van der Waals surface area contributed by atoms with Crippen LogP contribution in [-0.2, 0) is 0 Å². The maximum Gasteiger partial charge on any atom is 0.165 e. The Morgan fingerprint density at radius 1 is 1.44 bits per heavy atom. The second-order valence-corrected chi connectivity index (χ2v) is 4.83. The third-order valence-electron chi connectivity index (χ3n) is 3.26. The number of hydrogen-bond donors (Lipinski definition) is 1. The molecule has 0 bridgehead atoms. The molecule has 0 spiro atoms. The van der Waals surface area contributed by atoms with Crippen LogP contribution in [0.1, 0.15) is 12.8 Å². The zero-order chi connectivity index (χ0) is 12.8. The van der Waals surface area contributed by atoms with E-state index in [-0.39, 0.29) is 5.82 Å². The van der Waals surface area contributed by atoms with E-state index in [1.165, 1.54) is 18.9 Å². The lowest BCUT2D eigenvalue weighted by atomic mass is 10.2. The summed E-state index contributed by atoms with van der Waals surface area (Å²) >= 11 is 0. The second-order valence-electron chi connectivity index (χ2n) is 4.83. The molecule has 1 saturated heterocycles. The summed E-state index contributed by atoms with van der Waals surface area (Å²) in [5, 5.41) is 3.46. The fourth-order valence-corrected chi connectivity index (χ4v) is 2.25. The van der Waals surface area contributed by atoms with Gasteiger partial charge in [-0.3, -0.25) is 0 Å². The highest BCUT2D eigenvalue weighted by Gasteiger charge is 2.15. The van der Waals surface area contributed by atoms with Crippen molar-refractivity contribution in [3.05, 3.63) is 30.1 Å². The van der Waals surface area contributed by atoms with Gasteiger partial charge in [-0.1, -0.05) is 12.1 Å². The molecule has 0 aromatic heterocycles. The van der Waals surface area contributed by atoms with E-state index in [9.17, 15) is 4.39 Å². The van der Waals surface area contributed by atoms with Crippen molar-refractivity contribution >= 4 is 0 Å². The topological polar surface area (TPSA) is 24.5 Å². The molecule has 1 atom stereocenters. The van der Waals surface area contributed by atoms with Crippen LogP contribution < -0.4 is 10.1 Å². The van der Waals surface area contributed by atoms with Crippen LogP contribution in [0.25, 0.3) is 0 Å². The number of para-hydroxylation sites is 1. The summed E-state index contributed by atoms with van der Waals surface area (Å²) in [6.45, 7) is 3.49. The summed E-state index contributed by atoms with van der Waals surface area (Å²) in [7, 11) is 2.07. The van der Waals surface area contributed by atoms with E-state index in [0.29, 0.717) is 18.4 Å². The Bertz CT molecular complexity index is 367. The average Bonchev–Trinajstić information content (AvgIpc) is 2.84. The highest BCUT2D eigenvalue weighted by Crippen LogP contribution is 2.15. The van der Waals surface area contributed by atoms with Crippen LogP contribution in [0.3, 0.4) is 0 Å². The van der Waals surface area contributed by atoms with Crippen molar-refractivity contribution in [1.29, 1.82) is 0 Å². The Balaban J connectivity index is 1.67. The lowest BCUT2D eigenvalue weighted by Gasteiger charge is -2.21. The normalized spacial score (nSPS) is 19.4. The van der Waals surface area contributed by atoms with Gasteiger partial charge in [-0.05, 0) is 38.6 Å². The number of benzene rings is 1. The number of rotatable bonds is 6. The Labute approximate surface area is 108 Å². The van der Waals surface area contributed by atoms with E-state index < -0.39 is 0 Å². The van der Waals surface area contributed by atoms with Gasteiger partial charge in [0.15, 0.2) is 11.6 Å². The van der Waals surface area contributed by atoms with E-state index in [2.05, 4.69) is 17.3 Å². The van der Waals surface area contributed by atoms with E-state index in [0.717, 1.165) is 19.6 Å². The lowest BCUT2D eigenvalue weighted by molar-refractivity contribution is 0.220. The standard InChI is InChI=1S/C14H21FN2O/c1-17(11-12-5-4-8-16-12)9-10-18-14-7-3-2-6-13(14)15/h2-3,6-7,12,16H,4-5,8-11H2,1H3. The maximum atomic E-state index is 13.3. The molecule has 18 heavy (non-hydrogen) atoms. The van der Waals surface area contributed by atoms with Crippen LogP contribution in [0.2, 0.25) is 0 Å². The molecule has 100 valence electrons. The van der Waals surface area contributed by atoms with Crippen LogP contribution in [0.4, 0.5) is 4.39 Å². The van der Waals surface area contributed by atoms with Crippen molar-refractivity contribution in [1.82, 2.24) is 10.2 Å². The molecule has 1 N–H and O–H groups in total. The zero-order valence-electron chi connectivity index (χ0n) is 10.9. The van der Waals surface area contributed by atoms with Crippen molar-refractivity contribution in [3.8, 4) is 5.75 Å². The van der Waals surface area contributed by atoms with Crippen molar-refractivity contribution in [2.45, 2.75) is 18.9 Å². The SMILES string of the molecule is CN(CCOc1ccccc1F)CC1CCCN1. The third kappa shape index (κ3) is 3.96. The van der Waals surface area contributed by atoms with Crippen molar-refractivity contribution in [3.63, 3.8) is 0 Å². The first-order valence-corrected chi connectivity index (χ1v) is 6.55. The van der Waals surface area contributed by atoms with Gasteiger partial charge in [-0.15, -0.1) is 0 Å². The molecule has 1 unspecified atom stereocenters. The molecular weight excluding hydrogens is 231 g/mol. The molecule has 0 amide bonds. The van der Waals surface area contributed by atoms with Gasteiger partial charge in [0.05, 0.1) is 0 Å². The number of likely N-dealkylation sites (N-methyl/N-ethyl adjacent to an activating group) is 1. The molecule has 0 radical (unpaired) electrons. The van der Waals surface area contributed by atoms with E-state index in [1.807, 2.05) is 0 Å². The third-order valence-corrected chi connectivity index (χ3v) is 3.26. The van der Waals surface area contributed by atoms with Crippen molar-refractivity contribution < 1.29 is 9.13 Å². The molecule has 4 heteroatoms. The summed E-state index contributed by atoms with van der Waals surface area (Å²) in [6.07, 6.45) is 2.52. The molecule has 1 heterocycles. The molecule has 1 aliphatic rings. The quantitative estimate of drug-likeness (QED) is 0.836. The molecule has 3 nitrogen and oxygen atoms in total. The van der Waals surface area contributed by atoms with E-state index >= 15 is 0 Å². The predicted molar refractivity (Wildman–Crippen MR) is 70.4 cm³/mol. The van der Waals surface area contributed by atoms with Crippen molar-refractivity contribution in [2.75, 3.05) is 33.3 Å². The molecule has 1 aromatic carbocycles. The van der Waals surface area contributed by atoms with Gasteiger partial charge in [0.2, 0.25) is 0 Å². The fourth-order valence-electron chi connectivity index (χ4n) is 2.25. The number of ether oxygens (including phenoxy) is 1. The predicted octanol–water partition coefficient (Wildman–Crippen LogP) is 1.89. The molecular formula is C14H21FN2O. The first-order chi connectivity index (χ1) is 8.75. The summed E-state index contributed by atoms with van der Waals surface area (Å²) in [5.41, 5.74) is 0. The van der Waals surface area contributed by atoms with Gasteiger partial charge >= 0.3 is 0 Å². The van der Waals surface area contributed by atoms with Gasteiger partial charge in [-0.2, -0.15) is 0 Å². The number of halogens is 1. The van der Waals surface area contributed by atoms with Crippen LogP contribution in [0, 0.1) is 5.82 Å². The average molecular weight is 252 g/mol. The van der Waals surface area contributed by atoms with Crippen LogP contribution in [0.15, 0.2) is 24.3 Å². The summed E-state index contributed by atoms with van der Waals surface area (Å²) < 4.78 is 18.7. The first-order valence-electron chi connectivity index (χ1n) is 6.55. The minimum atomic E-state index is -0.294. The minimum absolute atomic E-state index is 0.294. The second kappa shape index (κ2) is 6.71. The van der Waals surface area contributed by atoms with E-state index in [1.54, 1.807) is 18.2 Å². The molecule has 0 saturated carbocycles. The van der Waals surface area contributed by atoms with Crippen LogP contribution in [0.5, 0.6) is 5.75 Å². The van der Waals surface area contributed by atoms with Gasteiger partial charge in [-0.25, -0.2) is 4.39 Å². The summed E-state index contributed by atoms with van der Waals surface area (Å²) in [5.74, 6) is 0.0440. The monoisotopic (exact) mass is 252 g/mol. The van der Waals surface area contributed by atoms with Gasteiger partial charge in [0.25, 0.3) is 0 Å². The molecule has 1 aromatic rings. The van der Waals surface area contributed by atoms with Crippen LogP contribution >= 0.6 is 0 Å². The summed E-state index contributed by atoms with van der Waals surface area (Å²) in [4.78, 5) is 2.23. The minimum Gasteiger partial charge on any atom is -0.489 e. The molecule has 0 aliphatic carbocycles. The Morgan fingerprint density at radius 3 is 3.00 bits per heavy atom. The smallest absolute Gasteiger partial charge is 0.165 e. The number of nitrogens with one attached hydrogen (secondary N) is 1. The Hall–Kier alpha value is -1.13.